The van der Waals surface area contributed by atoms with Crippen LogP contribution < -0.4 is 0 Å². The number of aromatic nitrogens is 2. The van der Waals surface area contributed by atoms with Crippen LogP contribution in [0.15, 0.2) is 36.7 Å². The molecule has 3 aliphatic heterocycles. The molecule has 1 aromatic heterocycles. The molecule has 0 radical (unpaired) electrons. The fourth-order valence-electron chi connectivity index (χ4n) is 5.00. The second-order valence-corrected chi connectivity index (χ2v) is 7.60. The maximum Gasteiger partial charge on any atom is 0.272 e. The third kappa shape index (κ3) is 2.15. The van der Waals surface area contributed by atoms with Crippen molar-refractivity contribution >= 4 is 11.8 Å². The highest BCUT2D eigenvalue weighted by atomic mass is 16.5. The number of likely N-dealkylation sites (tertiary alicyclic amines) is 1. The van der Waals surface area contributed by atoms with Gasteiger partial charge in [0.2, 0.25) is 5.91 Å². The quantitative estimate of drug-likeness (QED) is 0.810. The van der Waals surface area contributed by atoms with Crippen LogP contribution in [0.3, 0.4) is 0 Å². The Kier molecular flexibility index (Phi) is 3.46. The SMILES string of the molecule is Cc1ncn(C)c1C(=O)N1CC[C@@]23OC[C@@H](c4ccccc4)N2C(=O)C[C@@H]13. The molecule has 2 amide bonds. The molecule has 4 heterocycles. The van der Waals surface area contributed by atoms with Gasteiger partial charge in [-0.25, -0.2) is 4.98 Å². The van der Waals surface area contributed by atoms with Gasteiger partial charge in [0, 0.05) is 20.0 Å². The highest BCUT2D eigenvalue weighted by molar-refractivity contribution is 5.95. The predicted octanol–water partition coefficient (Wildman–Crippen LogP) is 1.64. The van der Waals surface area contributed by atoms with Crippen LogP contribution in [0, 0.1) is 6.92 Å². The number of ether oxygens (including phenoxy) is 1. The first-order valence-corrected chi connectivity index (χ1v) is 9.33. The summed E-state index contributed by atoms with van der Waals surface area (Å²) in [6.45, 7) is 2.89. The lowest BCUT2D eigenvalue weighted by atomic mass is 10.0. The Morgan fingerprint density at radius 2 is 2.07 bits per heavy atom. The lowest BCUT2D eigenvalue weighted by molar-refractivity contribution is -0.138. The summed E-state index contributed by atoms with van der Waals surface area (Å²) in [5.74, 6) is -0.0126. The second-order valence-electron chi connectivity index (χ2n) is 7.60. The summed E-state index contributed by atoms with van der Waals surface area (Å²) in [4.78, 5) is 34.1. The van der Waals surface area contributed by atoms with Gasteiger partial charge in [-0.2, -0.15) is 0 Å². The summed E-state index contributed by atoms with van der Waals surface area (Å²) in [6, 6.07) is 9.66. The summed E-state index contributed by atoms with van der Waals surface area (Å²) in [5.41, 5.74) is 1.67. The van der Waals surface area contributed by atoms with Crippen molar-refractivity contribution in [1.82, 2.24) is 19.4 Å². The van der Waals surface area contributed by atoms with E-state index in [-0.39, 0.29) is 23.9 Å². The van der Waals surface area contributed by atoms with Crippen molar-refractivity contribution in [3.63, 3.8) is 0 Å². The minimum absolute atomic E-state index is 0.0607. The summed E-state index contributed by atoms with van der Waals surface area (Å²) in [5, 5.41) is 0. The molecule has 7 nitrogen and oxygen atoms in total. The van der Waals surface area contributed by atoms with Gasteiger partial charge in [-0.3, -0.25) is 9.59 Å². The Bertz CT molecular complexity index is 905. The second kappa shape index (κ2) is 5.66. The van der Waals surface area contributed by atoms with Crippen LogP contribution >= 0.6 is 0 Å². The number of hydrogen-bond acceptors (Lipinski definition) is 4. The molecule has 3 saturated heterocycles. The first-order chi connectivity index (χ1) is 13.0. The molecule has 140 valence electrons. The van der Waals surface area contributed by atoms with Gasteiger partial charge < -0.3 is 19.1 Å². The fourth-order valence-corrected chi connectivity index (χ4v) is 5.00. The molecule has 0 saturated carbocycles. The number of imidazole rings is 1. The lowest BCUT2D eigenvalue weighted by Gasteiger charge is -2.33. The average molecular weight is 366 g/mol. The Hall–Kier alpha value is -2.67. The van der Waals surface area contributed by atoms with E-state index in [0.717, 1.165) is 5.56 Å². The average Bonchev–Trinajstić information content (AvgIpc) is 3.37. The highest BCUT2D eigenvalue weighted by Crippen LogP contribution is 2.51. The maximum absolute atomic E-state index is 13.2. The van der Waals surface area contributed by atoms with Gasteiger partial charge in [0.15, 0.2) is 5.72 Å². The molecule has 0 unspecified atom stereocenters. The predicted molar refractivity (Wildman–Crippen MR) is 96.7 cm³/mol. The molecule has 2 aromatic rings. The van der Waals surface area contributed by atoms with Crippen LogP contribution in [-0.2, 0) is 16.6 Å². The molecule has 1 spiro atoms. The number of aryl methyl sites for hydroxylation is 2. The van der Waals surface area contributed by atoms with Crippen LogP contribution in [0.1, 0.15) is 40.6 Å². The minimum Gasteiger partial charge on any atom is -0.351 e. The van der Waals surface area contributed by atoms with Gasteiger partial charge >= 0.3 is 0 Å². The summed E-state index contributed by atoms with van der Waals surface area (Å²) >= 11 is 0. The Morgan fingerprint density at radius 3 is 2.78 bits per heavy atom. The van der Waals surface area contributed by atoms with E-state index in [1.54, 1.807) is 10.9 Å². The number of amides is 2. The van der Waals surface area contributed by atoms with Crippen molar-refractivity contribution in [3.05, 3.63) is 53.6 Å². The minimum atomic E-state index is -0.695. The van der Waals surface area contributed by atoms with Gasteiger partial charge in [-0.15, -0.1) is 0 Å². The maximum atomic E-state index is 13.2. The molecule has 5 rings (SSSR count). The molecule has 1 aromatic carbocycles. The van der Waals surface area contributed by atoms with E-state index in [1.807, 2.05) is 54.1 Å². The van der Waals surface area contributed by atoms with E-state index in [4.69, 9.17) is 4.74 Å². The molecule has 3 aliphatic rings. The molecule has 27 heavy (non-hydrogen) atoms. The fraction of sp³-hybridized carbons (Fsp3) is 0.450. The summed E-state index contributed by atoms with van der Waals surface area (Å²) in [7, 11) is 1.82. The number of benzene rings is 1. The van der Waals surface area contributed by atoms with Gasteiger partial charge in [0.1, 0.15) is 5.69 Å². The largest absolute Gasteiger partial charge is 0.351 e. The van der Waals surface area contributed by atoms with Gasteiger partial charge in [-0.05, 0) is 12.5 Å². The molecule has 0 bridgehead atoms. The van der Waals surface area contributed by atoms with Gasteiger partial charge in [0.05, 0.1) is 37.1 Å². The molecule has 7 heteroatoms. The van der Waals surface area contributed by atoms with Crippen LogP contribution in [0.4, 0.5) is 0 Å². The third-order valence-corrected chi connectivity index (χ3v) is 6.22. The third-order valence-electron chi connectivity index (χ3n) is 6.22. The molecular formula is C20H22N4O3. The number of rotatable bonds is 2. The van der Waals surface area contributed by atoms with E-state index >= 15 is 0 Å². The van der Waals surface area contributed by atoms with Crippen LogP contribution in [0.5, 0.6) is 0 Å². The topological polar surface area (TPSA) is 67.7 Å². The van der Waals surface area contributed by atoms with Crippen molar-refractivity contribution in [2.45, 2.75) is 37.6 Å². The zero-order valence-corrected chi connectivity index (χ0v) is 15.5. The van der Waals surface area contributed by atoms with Gasteiger partial charge in [-0.1, -0.05) is 30.3 Å². The first kappa shape index (κ1) is 16.5. The zero-order valence-electron chi connectivity index (χ0n) is 15.5. The Balaban J connectivity index is 1.49. The summed E-state index contributed by atoms with van der Waals surface area (Å²) in [6.07, 6.45) is 2.61. The number of hydrogen-bond donors (Lipinski definition) is 0. The van der Waals surface area contributed by atoms with E-state index in [1.165, 1.54) is 0 Å². The van der Waals surface area contributed by atoms with E-state index in [2.05, 4.69) is 4.98 Å². The number of nitrogens with zero attached hydrogens (tertiary/aromatic N) is 4. The Morgan fingerprint density at radius 1 is 1.30 bits per heavy atom. The smallest absolute Gasteiger partial charge is 0.272 e. The van der Waals surface area contributed by atoms with Crippen molar-refractivity contribution in [2.24, 2.45) is 7.05 Å². The van der Waals surface area contributed by atoms with E-state index in [0.29, 0.717) is 37.4 Å². The highest BCUT2D eigenvalue weighted by Gasteiger charge is 2.65. The number of carbonyl (C=O) groups excluding carboxylic acids is 2. The van der Waals surface area contributed by atoms with Crippen molar-refractivity contribution < 1.29 is 14.3 Å². The molecule has 3 fully saturated rings. The molecule has 0 N–H and O–H groups in total. The first-order valence-electron chi connectivity index (χ1n) is 9.33. The van der Waals surface area contributed by atoms with E-state index in [9.17, 15) is 9.59 Å². The van der Waals surface area contributed by atoms with Crippen molar-refractivity contribution in [3.8, 4) is 0 Å². The Labute approximate surface area is 157 Å². The van der Waals surface area contributed by atoms with Gasteiger partial charge in [0.25, 0.3) is 5.91 Å². The van der Waals surface area contributed by atoms with Crippen LogP contribution in [0.2, 0.25) is 0 Å². The van der Waals surface area contributed by atoms with Crippen molar-refractivity contribution in [2.75, 3.05) is 13.2 Å². The van der Waals surface area contributed by atoms with E-state index < -0.39 is 5.72 Å². The van der Waals surface area contributed by atoms with Crippen molar-refractivity contribution in [1.29, 1.82) is 0 Å². The summed E-state index contributed by atoms with van der Waals surface area (Å²) < 4.78 is 8.02. The standard InChI is InChI=1S/C20H22N4O3/c1-13-18(22(2)12-21-13)19(26)23-9-8-20-16(23)10-17(25)24(20)15(11-27-20)14-6-4-3-5-7-14/h3-7,12,15-16H,8-11H2,1-2H3/t15-,16+,20-/m0/s1. The lowest BCUT2D eigenvalue weighted by Crippen LogP contribution is -2.49. The zero-order chi connectivity index (χ0) is 18.8. The normalized spacial score (nSPS) is 29.3. The monoisotopic (exact) mass is 366 g/mol. The molecular weight excluding hydrogens is 344 g/mol. The van der Waals surface area contributed by atoms with Crippen LogP contribution in [-0.4, -0.2) is 56.1 Å². The molecule has 3 atom stereocenters. The van der Waals surface area contributed by atoms with Crippen LogP contribution in [0.25, 0.3) is 0 Å². The number of carbonyl (C=O) groups is 2. The molecule has 0 aliphatic carbocycles.